The number of nitrogens with zero attached hydrogens (tertiary/aromatic N) is 2. The molecule has 100 valence electrons. The van der Waals surface area contributed by atoms with Crippen molar-refractivity contribution >= 4 is 11.6 Å². The van der Waals surface area contributed by atoms with Crippen molar-refractivity contribution in [2.45, 2.75) is 31.4 Å². The molecule has 0 spiro atoms. The third-order valence-corrected chi connectivity index (χ3v) is 3.71. The molecule has 3 rings (SSSR count). The van der Waals surface area contributed by atoms with Crippen LogP contribution < -0.4 is 0 Å². The van der Waals surface area contributed by atoms with E-state index in [2.05, 4.69) is 4.98 Å². The molecule has 0 amide bonds. The summed E-state index contributed by atoms with van der Waals surface area (Å²) in [6.45, 7) is 0. The van der Waals surface area contributed by atoms with Crippen LogP contribution in [-0.2, 0) is 6.42 Å². The Kier molecular flexibility index (Phi) is 3.29. The molecule has 1 N–H and O–H groups in total. The van der Waals surface area contributed by atoms with Crippen LogP contribution >= 0.6 is 11.6 Å². The molecule has 1 aromatic carbocycles. The van der Waals surface area contributed by atoms with Crippen LogP contribution in [0.4, 0.5) is 4.39 Å². The molecule has 0 bridgehead atoms. The first-order chi connectivity index (χ1) is 9.16. The molecular weight excluding hydrogens is 267 g/mol. The Morgan fingerprint density at radius 3 is 3.00 bits per heavy atom. The van der Waals surface area contributed by atoms with Crippen LogP contribution in [0, 0.1) is 5.82 Å². The monoisotopic (exact) mass is 280 g/mol. The van der Waals surface area contributed by atoms with Crippen molar-refractivity contribution in [3.8, 4) is 0 Å². The van der Waals surface area contributed by atoms with Crippen molar-refractivity contribution in [3.05, 3.63) is 52.8 Å². The van der Waals surface area contributed by atoms with Gasteiger partial charge in [0.1, 0.15) is 5.82 Å². The molecule has 1 aliphatic carbocycles. The summed E-state index contributed by atoms with van der Waals surface area (Å²) in [6.07, 6.45) is 5.03. The highest BCUT2D eigenvalue weighted by molar-refractivity contribution is 6.30. The number of imidazole rings is 1. The van der Waals surface area contributed by atoms with Gasteiger partial charge in [-0.05, 0) is 24.5 Å². The van der Waals surface area contributed by atoms with Gasteiger partial charge >= 0.3 is 0 Å². The lowest BCUT2D eigenvalue weighted by molar-refractivity contribution is 0.167. The molecule has 0 aliphatic heterocycles. The topological polar surface area (TPSA) is 38.1 Å². The van der Waals surface area contributed by atoms with E-state index in [1.807, 2.05) is 4.57 Å². The van der Waals surface area contributed by atoms with E-state index in [0.717, 1.165) is 18.5 Å². The summed E-state index contributed by atoms with van der Waals surface area (Å²) in [5, 5.41) is 10.3. The SMILES string of the molecule is OC(Cc1cccc(Cl)c1F)c1cncn1C1CC1. The number of aliphatic hydroxyl groups excluding tert-OH is 1. The summed E-state index contributed by atoms with van der Waals surface area (Å²) in [7, 11) is 0. The van der Waals surface area contributed by atoms with Crippen molar-refractivity contribution in [1.82, 2.24) is 9.55 Å². The van der Waals surface area contributed by atoms with Gasteiger partial charge in [-0.1, -0.05) is 23.7 Å². The molecular formula is C14H14ClFN2O. The van der Waals surface area contributed by atoms with Gasteiger partial charge in [0.25, 0.3) is 0 Å². The van der Waals surface area contributed by atoms with Gasteiger partial charge < -0.3 is 9.67 Å². The van der Waals surface area contributed by atoms with Crippen molar-refractivity contribution in [2.24, 2.45) is 0 Å². The second-order valence-corrected chi connectivity index (χ2v) is 5.30. The van der Waals surface area contributed by atoms with E-state index in [9.17, 15) is 9.50 Å². The van der Waals surface area contributed by atoms with Crippen molar-refractivity contribution in [2.75, 3.05) is 0 Å². The molecule has 0 radical (unpaired) electrons. The Morgan fingerprint density at radius 1 is 1.47 bits per heavy atom. The molecule has 1 unspecified atom stereocenters. The van der Waals surface area contributed by atoms with Crippen LogP contribution in [0.1, 0.15) is 36.2 Å². The van der Waals surface area contributed by atoms with E-state index >= 15 is 0 Å². The number of rotatable bonds is 4. The van der Waals surface area contributed by atoms with Gasteiger partial charge in [0, 0.05) is 12.5 Å². The Labute approximate surface area is 115 Å². The highest BCUT2D eigenvalue weighted by Crippen LogP contribution is 2.37. The quantitative estimate of drug-likeness (QED) is 0.933. The van der Waals surface area contributed by atoms with Crippen LogP contribution in [0.25, 0.3) is 0 Å². The first-order valence-electron chi connectivity index (χ1n) is 6.29. The Hall–Kier alpha value is -1.39. The highest BCUT2D eigenvalue weighted by Gasteiger charge is 2.27. The van der Waals surface area contributed by atoms with Gasteiger partial charge in [0.15, 0.2) is 0 Å². The minimum absolute atomic E-state index is 0.0837. The average Bonchev–Trinajstić information content (AvgIpc) is 3.12. The molecule has 0 saturated heterocycles. The van der Waals surface area contributed by atoms with Crippen molar-refractivity contribution in [3.63, 3.8) is 0 Å². The molecule has 1 heterocycles. The van der Waals surface area contributed by atoms with E-state index in [0.29, 0.717) is 11.6 Å². The van der Waals surface area contributed by atoms with Gasteiger partial charge in [-0.3, -0.25) is 0 Å². The second kappa shape index (κ2) is 4.94. The number of halogens is 2. The van der Waals surface area contributed by atoms with E-state index in [-0.39, 0.29) is 11.4 Å². The lowest BCUT2D eigenvalue weighted by atomic mass is 10.1. The number of aliphatic hydroxyl groups is 1. The largest absolute Gasteiger partial charge is 0.386 e. The Morgan fingerprint density at radius 2 is 2.26 bits per heavy atom. The lowest BCUT2D eigenvalue weighted by Crippen LogP contribution is -2.09. The van der Waals surface area contributed by atoms with E-state index in [1.165, 1.54) is 6.07 Å². The zero-order chi connectivity index (χ0) is 13.4. The van der Waals surface area contributed by atoms with Gasteiger partial charge in [-0.25, -0.2) is 9.37 Å². The van der Waals surface area contributed by atoms with Crippen LogP contribution in [0.5, 0.6) is 0 Å². The average molecular weight is 281 g/mol. The van der Waals surface area contributed by atoms with Crippen LogP contribution in [0.3, 0.4) is 0 Å². The van der Waals surface area contributed by atoms with Gasteiger partial charge in [0.05, 0.1) is 29.3 Å². The molecule has 19 heavy (non-hydrogen) atoms. The Bertz CT molecular complexity index is 595. The summed E-state index contributed by atoms with van der Waals surface area (Å²) in [5.74, 6) is -0.458. The fraction of sp³-hybridized carbons (Fsp3) is 0.357. The molecule has 1 aromatic heterocycles. The fourth-order valence-corrected chi connectivity index (χ4v) is 2.44. The molecule has 2 aromatic rings. The predicted molar refractivity (Wildman–Crippen MR) is 70.6 cm³/mol. The molecule has 1 saturated carbocycles. The molecule has 3 nitrogen and oxygen atoms in total. The number of benzene rings is 1. The van der Waals surface area contributed by atoms with Crippen molar-refractivity contribution in [1.29, 1.82) is 0 Å². The normalized spacial score (nSPS) is 16.6. The number of aromatic nitrogens is 2. The fourth-order valence-electron chi connectivity index (χ4n) is 2.25. The molecule has 1 fully saturated rings. The number of hydrogen-bond acceptors (Lipinski definition) is 2. The lowest BCUT2D eigenvalue weighted by Gasteiger charge is -2.14. The second-order valence-electron chi connectivity index (χ2n) is 4.89. The highest BCUT2D eigenvalue weighted by atomic mass is 35.5. The maximum atomic E-state index is 13.8. The molecule has 1 atom stereocenters. The summed E-state index contributed by atoms with van der Waals surface area (Å²) in [6, 6.07) is 5.27. The minimum atomic E-state index is -0.768. The maximum absolute atomic E-state index is 13.8. The first-order valence-corrected chi connectivity index (χ1v) is 6.67. The smallest absolute Gasteiger partial charge is 0.145 e. The van der Waals surface area contributed by atoms with Gasteiger partial charge in [-0.2, -0.15) is 0 Å². The van der Waals surface area contributed by atoms with Gasteiger partial charge in [0.2, 0.25) is 0 Å². The zero-order valence-corrected chi connectivity index (χ0v) is 11.0. The van der Waals surface area contributed by atoms with E-state index < -0.39 is 11.9 Å². The molecule has 5 heteroatoms. The first kappa shape index (κ1) is 12.6. The van der Waals surface area contributed by atoms with E-state index in [4.69, 9.17) is 11.6 Å². The standard InChI is InChI=1S/C14H14ClFN2O/c15-11-3-1-2-9(14(11)16)6-13(19)12-7-17-8-18(12)10-4-5-10/h1-3,7-8,10,13,19H,4-6H2. The summed E-state index contributed by atoms with van der Waals surface area (Å²) >= 11 is 5.74. The third-order valence-electron chi connectivity index (χ3n) is 3.42. The number of hydrogen-bond donors (Lipinski definition) is 1. The van der Waals surface area contributed by atoms with Crippen LogP contribution in [0.15, 0.2) is 30.7 Å². The third kappa shape index (κ3) is 2.51. The van der Waals surface area contributed by atoms with E-state index in [1.54, 1.807) is 24.7 Å². The van der Waals surface area contributed by atoms with Crippen LogP contribution in [0.2, 0.25) is 5.02 Å². The minimum Gasteiger partial charge on any atom is -0.386 e. The summed E-state index contributed by atoms with van der Waals surface area (Å²) < 4.78 is 15.8. The van der Waals surface area contributed by atoms with Crippen molar-refractivity contribution < 1.29 is 9.50 Å². The van der Waals surface area contributed by atoms with Gasteiger partial charge in [-0.15, -0.1) is 0 Å². The molecule has 1 aliphatic rings. The predicted octanol–water partition coefficient (Wildman–Crippen LogP) is 3.29. The Balaban J connectivity index is 1.82. The summed E-state index contributed by atoms with van der Waals surface area (Å²) in [5.41, 5.74) is 1.16. The maximum Gasteiger partial charge on any atom is 0.145 e. The zero-order valence-electron chi connectivity index (χ0n) is 10.3. The van der Waals surface area contributed by atoms with Crippen LogP contribution in [-0.4, -0.2) is 14.7 Å². The summed E-state index contributed by atoms with van der Waals surface area (Å²) in [4.78, 5) is 4.07.